The van der Waals surface area contributed by atoms with Crippen molar-refractivity contribution in [2.45, 2.75) is 20.4 Å². The summed E-state index contributed by atoms with van der Waals surface area (Å²) in [5, 5.41) is 3.25. The lowest BCUT2D eigenvalue weighted by molar-refractivity contribution is -0.116. The molecule has 0 atom stereocenters. The van der Waals surface area contributed by atoms with E-state index in [1.54, 1.807) is 42.7 Å². The van der Waals surface area contributed by atoms with E-state index in [9.17, 15) is 9.59 Å². The number of aryl methyl sites for hydroxylation is 2. The molecular weight excluding hydrogens is 276 g/mol. The molecule has 0 fully saturated rings. The maximum Gasteiger partial charge on any atom is 0.244 e. The Balaban J connectivity index is 2.17. The van der Waals surface area contributed by atoms with Gasteiger partial charge in [-0.3, -0.25) is 9.59 Å². The van der Waals surface area contributed by atoms with Crippen LogP contribution in [0, 0.1) is 13.8 Å². The fourth-order valence-corrected chi connectivity index (χ4v) is 2.22. The molecule has 0 aliphatic rings. The summed E-state index contributed by atoms with van der Waals surface area (Å²) in [5.74, 6) is -0.187. The summed E-state index contributed by atoms with van der Waals surface area (Å²) in [6.07, 6.45) is 0. The van der Waals surface area contributed by atoms with Crippen LogP contribution in [-0.2, 0) is 11.3 Å². The number of pyridine rings is 1. The molecule has 4 nitrogen and oxygen atoms in total. The van der Waals surface area contributed by atoms with Gasteiger partial charge in [-0.25, -0.2) is 0 Å². The minimum absolute atomic E-state index is 0.0530. The van der Waals surface area contributed by atoms with E-state index >= 15 is 0 Å². The number of halogens is 1. The predicted molar refractivity (Wildman–Crippen MR) is 80.3 cm³/mol. The van der Waals surface area contributed by atoms with Crippen molar-refractivity contribution in [3.05, 3.63) is 63.0 Å². The van der Waals surface area contributed by atoms with Gasteiger partial charge in [0.05, 0.1) is 10.7 Å². The number of benzene rings is 1. The molecule has 0 spiro atoms. The average molecular weight is 291 g/mol. The molecule has 104 valence electrons. The minimum atomic E-state index is -0.187. The van der Waals surface area contributed by atoms with Crippen LogP contribution in [0.1, 0.15) is 11.4 Å². The first-order valence-corrected chi connectivity index (χ1v) is 6.57. The Bertz CT molecular complexity index is 681. The molecule has 0 aliphatic heterocycles. The van der Waals surface area contributed by atoms with Crippen LogP contribution in [0.2, 0.25) is 5.02 Å². The van der Waals surface area contributed by atoms with Gasteiger partial charge < -0.3 is 9.88 Å². The smallest absolute Gasteiger partial charge is 0.244 e. The van der Waals surface area contributed by atoms with Gasteiger partial charge in [0.1, 0.15) is 6.54 Å². The minimum Gasteiger partial charge on any atom is -0.340 e. The van der Waals surface area contributed by atoms with Crippen LogP contribution in [0.25, 0.3) is 0 Å². The lowest BCUT2D eigenvalue weighted by Crippen LogP contribution is -2.23. The predicted octanol–water partition coefficient (Wildman–Crippen LogP) is 2.76. The van der Waals surface area contributed by atoms with Crippen molar-refractivity contribution >= 4 is 23.2 Å². The number of carbonyl (C=O) groups excluding carboxylic acids is 1. The first kappa shape index (κ1) is 14.3. The van der Waals surface area contributed by atoms with Gasteiger partial charge in [-0.15, -0.1) is 0 Å². The van der Waals surface area contributed by atoms with Gasteiger partial charge in [-0.1, -0.05) is 23.7 Å². The molecule has 0 aliphatic carbocycles. The molecule has 1 heterocycles. The van der Waals surface area contributed by atoms with E-state index < -0.39 is 0 Å². The molecule has 1 N–H and O–H groups in total. The SMILES string of the molecule is Cc1cc(=O)cc(C)n1CC(=O)Nc1ccccc1Cl. The number of nitrogens with one attached hydrogen (secondary N) is 1. The molecule has 20 heavy (non-hydrogen) atoms. The van der Waals surface area contributed by atoms with Gasteiger partial charge in [0.2, 0.25) is 5.91 Å². The van der Waals surface area contributed by atoms with Crippen LogP contribution in [0.15, 0.2) is 41.2 Å². The van der Waals surface area contributed by atoms with Gasteiger partial charge >= 0.3 is 0 Å². The summed E-state index contributed by atoms with van der Waals surface area (Å²) < 4.78 is 1.79. The number of anilines is 1. The van der Waals surface area contributed by atoms with Crippen LogP contribution in [0.3, 0.4) is 0 Å². The number of aromatic nitrogens is 1. The summed E-state index contributed by atoms with van der Waals surface area (Å²) in [6.45, 7) is 3.75. The van der Waals surface area contributed by atoms with Crippen molar-refractivity contribution in [1.82, 2.24) is 4.57 Å². The van der Waals surface area contributed by atoms with Crippen molar-refractivity contribution in [3.63, 3.8) is 0 Å². The fraction of sp³-hybridized carbons (Fsp3) is 0.200. The van der Waals surface area contributed by atoms with E-state index in [1.807, 2.05) is 0 Å². The Labute approximate surface area is 122 Å². The molecule has 0 bridgehead atoms. The highest BCUT2D eigenvalue weighted by molar-refractivity contribution is 6.33. The molecule has 0 saturated carbocycles. The first-order valence-electron chi connectivity index (χ1n) is 6.20. The summed E-state index contributed by atoms with van der Waals surface area (Å²) in [4.78, 5) is 23.4. The Morgan fingerprint density at radius 2 is 1.80 bits per heavy atom. The lowest BCUT2D eigenvalue weighted by atomic mass is 10.2. The molecule has 1 aromatic carbocycles. The Hall–Kier alpha value is -2.07. The van der Waals surface area contributed by atoms with E-state index in [4.69, 9.17) is 11.6 Å². The van der Waals surface area contributed by atoms with Gasteiger partial charge in [-0.2, -0.15) is 0 Å². The number of para-hydroxylation sites is 1. The second kappa shape index (κ2) is 5.92. The molecule has 2 rings (SSSR count). The zero-order valence-corrected chi connectivity index (χ0v) is 12.1. The fourth-order valence-electron chi connectivity index (χ4n) is 2.03. The molecule has 0 saturated heterocycles. The number of amides is 1. The summed E-state index contributed by atoms with van der Waals surface area (Å²) >= 11 is 5.99. The van der Waals surface area contributed by atoms with Gasteiger partial charge in [0.25, 0.3) is 0 Å². The highest BCUT2D eigenvalue weighted by Crippen LogP contribution is 2.20. The monoisotopic (exact) mass is 290 g/mol. The van der Waals surface area contributed by atoms with Crippen molar-refractivity contribution in [2.75, 3.05) is 5.32 Å². The second-order valence-corrected chi connectivity index (χ2v) is 5.00. The van der Waals surface area contributed by atoms with Gasteiger partial charge in [0.15, 0.2) is 5.43 Å². The van der Waals surface area contributed by atoms with E-state index in [0.717, 1.165) is 11.4 Å². The molecule has 0 unspecified atom stereocenters. The molecule has 1 amide bonds. The van der Waals surface area contributed by atoms with Crippen LogP contribution in [0.4, 0.5) is 5.69 Å². The molecule has 1 aromatic heterocycles. The average Bonchev–Trinajstić information content (AvgIpc) is 2.36. The zero-order valence-electron chi connectivity index (χ0n) is 11.3. The third-order valence-electron chi connectivity index (χ3n) is 3.00. The number of hydrogen-bond donors (Lipinski definition) is 1. The molecule has 2 aromatic rings. The van der Waals surface area contributed by atoms with Crippen molar-refractivity contribution in [2.24, 2.45) is 0 Å². The van der Waals surface area contributed by atoms with Crippen LogP contribution in [-0.4, -0.2) is 10.5 Å². The summed E-state index contributed by atoms with van der Waals surface area (Å²) in [7, 11) is 0. The van der Waals surface area contributed by atoms with Crippen LogP contribution in [0.5, 0.6) is 0 Å². The summed E-state index contributed by atoms with van der Waals surface area (Å²) in [5.41, 5.74) is 2.03. The van der Waals surface area contributed by atoms with Crippen molar-refractivity contribution < 1.29 is 4.79 Å². The van der Waals surface area contributed by atoms with Crippen LogP contribution >= 0.6 is 11.6 Å². The second-order valence-electron chi connectivity index (χ2n) is 4.59. The first-order chi connectivity index (χ1) is 9.47. The molecule has 5 heteroatoms. The number of hydrogen-bond acceptors (Lipinski definition) is 2. The Morgan fingerprint density at radius 1 is 1.20 bits per heavy atom. The topological polar surface area (TPSA) is 51.1 Å². The summed E-state index contributed by atoms with van der Waals surface area (Å²) in [6, 6.07) is 10.1. The van der Waals surface area contributed by atoms with E-state index in [-0.39, 0.29) is 17.9 Å². The van der Waals surface area contributed by atoms with E-state index in [2.05, 4.69) is 5.32 Å². The third kappa shape index (κ3) is 3.27. The Morgan fingerprint density at radius 3 is 2.40 bits per heavy atom. The molecular formula is C15H15ClN2O2. The molecule has 0 radical (unpaired) electrons. The zero-order chi connectivity index (χ0) is 14.7. The number of nitrogens with zero attached hydrogens (tertiary/aromatic N) is 1. The highest BCUT2D eigenvalue weighted by Gasteiger charge is 2.09. The quantitative estimate of drug-likeness (QED) is 0.945. The van der Waals surface area contributed by atoms with Gasteiger partial charge in [-0.05, 0) is 26.0 Å². The number of rotatable bonds is 3. The van der Waals surface area contributed by atoms with Gasteiger partial charge in [0, 0.05) is 23.5 Å². The third-order valence-corrected chi connectivity index (χ3v) is 3.33. The van der Waals surface area contributed by atoms with Crippen molar-refractivity contribution in [3.8, 4) is 0 Å². The van der Waals surface area contributed by atoms with E-state index in [1.165, 1.54) is 12.1 Å². The maximum absolute atomic E-state index is 12.1. The van der Waals surface area contributed by atoms with Crippen LogP contribution < -0.4 is 10.7 Å². The standard InChI is InChI=1S/C15H15ClN2O2/c1-10-7-12(19)8-11(2)18(10)9-15(20)17-14-6-4-3-5-13(14)16/h3-8H,9H2,1-2H3,(H,17,20). The number of carbonyl (C=O) groups is 1. The van der Waals surface area contributed by atoms with E-state index in [0.29, 0.717) is 10.7 Å². The largest absolute Gasteiger partial charge is 0.340 e. The Kier molecular flexibility index (Phi) is 4.25. The normalized spacial score (nSPS) is 10.3. The lowest BCUT2D eigenvalue weighted by Gasteiger charge is -2.14. The maximum atomic E-state index is 12.1. The van der Waals surface area contributed by atoms with Crippen molar-refractivity contribution in [1.29, 1.82) is 0 Å². The highest BCUT2D eigenvalue weighted by atomic mass is 35.5.